The third-order valence-electron chi connectivity index (χ3n) is 9.25. The molecule has 0 saturated heterocycles. The van der Waals surface area contributed by atoms with Crippen LogP contribution in [0.2, 0.25) is 0 Å². The molecule has 7 heteroatoms. The number of nitrogens with zero attached hydrogens (tertiary/aromatic N) is 1. The third kappa shape index (κ3) is 2.43. The lowest BCUT2D eigenvalue weighted by molar-refractivity contribution is 0.0334. The van der Waals surface area contributed by atoms with Gasteiger partial charge in [-0.25, -0.2) is 16.8 Å². The van der Waals surface area contributed by atoms with Crippen molar-refractivity contribution in [3.8, 4) is 0 Å². The van der Waals surface area contributed by atoms with Crippen LogP contribution >= 0.6 is 0 Å². The molecule has 0 radical (unpaired) electrons. The number of hydrogen-bond acceptors (Lipinski definition) is 4. The highest BCUT2D eigenvalue weighted by Crippen LogP contribution is 2.62. The minimum absolute atomic E-state index is 0.462. The van der Waals surface area contributed by atoms with Gasteiger partial charge in [-0.3, -0.25) is 0 Å². The van der Waals surface area contributed by atoms with Crippen LogP contribution in [0.25, 0.3) is 4.13 Å². The highest BCUT2D eigenvalue weighted by molar-refractivity contribution is 8.13. The second kappa shape index (κ2) is 5.31. The summed E-state index contributed by atoms with van der Waals surface area (Å²) >= 11 is 0. The molecule has 8 saturated carbocycles. The van der Waals surface area contributed by atoms with Crippen molar-refractivity contribution in [2.24, 2.45) is 35.5 Å². The van der Waals surface area contributed by atoms with E-state index in [9.17, 15) is 16.8 Å². The molecule has 0 atom stereocenters. The highest BCUT2D eigenvalue weighted by Gasteiger charge is 2.58. The number of hydrogen-bond donors (Lipinski definition) is 0. The van der Waals surface area contributed by atoms with Gasteiger partial charge in [0.1, 0.15) is 0 Å². The van der Waals surface area contributed by atoms with Crippen LogP contribution in [0.4, 0.5) is 0 Å². The highest BCUT2D eigenvalue weighted by atomic mass is 32.3. The van der Waals surface area contributed by atoms with Crippen LogP contribution < -0.4 is 0 Å². The van der Waals surface area contributed by atoms with E-state index in [1.165, 1.54) is 0 Å². The van der Waals surface area contributed by atoms with Gasteiger partial charge in [0.05, 0.1) is 29.5 Å². The van der Waals surface area contributed by atoms with E-state index in [1.54, 1.807) is 0 Å². The molecule has 5 nitrogen and oxygen atoms in total. The summed E-state index contributed by atoms with van der Waals surface area (Å²) in [4.78, 5) is 0. The summed E-state index contributed by atoms with van der Waals surface area (Å²) in [5, 5.41) is 0. The van der Waals surface area contributed by atoms with Crippen molar-refractivity contribution in [1.82, 2.24) is 0 Å². The molecule has 0 spiro atoms. The van der Waals surface area contributed by atoms with Crippen molar-refractivity contribution >= 4 is 20.0 Å². The Balaban J connectivity index is 1.32. The van der Waals surface area contributed by atoms with Gasteiger partial charge in [-0.2, -0.15) is 0 Å². The fourth-order valence-corrected chi connectivity index (χ4v) is 14.0. The molecule has 152 valence electrons. The van der Waals surface area contributed by atoms with E-state index in [2.05, 4.69) is 4.13 Å². The topological polar surface area (TPSA) is 82.4 Å². The molecular weight excluding hydrogens is 382 g/mol. The molecule has 8 rings (SSSR count). The Hall–Kier alpha value is -0.140. The summed E-state index contributed by atoms with van der Waals surface area (Å²) in [6.07, 6.45) is 10.7. The average Bonchev–Trinajstić information content (AvgIpc) is 2.51. The molecule has 0 aromatic carbocycles. The first-order valence-electron chi connectivity index (χ1n) is 10.9. The van der Waals surface area contributed by atoms with Gasteiger partial charge in [0.2, 0.25) is 0 Å². The molecule has 8 bridgehead atoms. The Kier molecular flexibility index (Phi) is 3.48. The first kappa shape index (κ1) is 17.7. The van der Waals surface area contributed by atoms with Crippen molar-refractivity contribution in [3.05, 3.63) is 4.13 Å². The van der Waals surface area contributed by atoms with Gasteiger partial charge in [-0.05, 0) is 113 Å². The van der Waals surface area contributed by atoms with Gasteiger partial charge in [0.15, 0.2) is 0 Å². The summed E-state index contributed by atoms with van der Waals surface area (Å²) in [7, 11) is -7.99. The zero-order chi connectivity index (χ0) is 18.7. The van der Waals surface area contributed by atoms with E-state index in [4.69, 9.17) is 0 Å². The van der Waals surface area contributed by atoms with E-state index >= 15 is 0 Å². The lowest BCUT2D eigenvalue weighted by Crippen LogP contribution is -2.57. The Labute approximate surface area is 163 Å². The second-order valence-corrected chi connectivity index (χ2v) is 15.5. The lowest BCUT2D eigenvalue weighted by Gasteiger charge is -2.60. The average molecular weight is 413 g/mol. The monoisotopic (exact) mass is 412 g/mol. The Morgan fingerprint density at radius 2 is 0.704 bits per heavy atom. The molecule has 0 aliphatic heterocycles. The third-order valence-corrected chi connectivity index (χ3v) is 14.0. The van der Waals surface area contributed by atoms with Crippen molar-refractivity contribution < 1.29 is 16.8 Å². The lowest BCUT2D eigenvalue weighted by atomic mass is 9.56. The van der Waals surface area contributed by atoms with Gasteiger partial charge in [0.25, 0.3) is 0 Å². The number of sulfonamides is 2. The van der Waals surface area contributed by atoms with Gasteiger partial charge >= 0.3 is 0 Å². The first-order valence-corrected chi connectivity index (χ1v) is 13.8. The van der Waals surface area contributed by atoms with Crippen LogP contribution in [0.1, 0.15) is 77.0 Å². The van der Waals surface area contributed by atoms with Crippen molar-refractivity contribution in [2.45, 2.75) is 86.5 Å². The summed E-state index contributed by atoms with van der Waals surface area (Å²) in [6.45, 7) is 0. The van der Waals surface area contributed by atoms with E-state index < -0.39 is 29.5 Å². The molecule has 8 fully saturated rings. The SMILES string of the molecule is O=S(=O)([N-]S(=O)(=O)C12CC3CC(CC(C3)C1)C2)C12CC3CC(CC(C3)C1)C2. The zero-order valence-corrected chi connectivity index (χ0v) is 17.5. The minimum atomic E-state index is -3.99. The van der Waals surface area contributed by atoms with Crippen molar-refractivity contribution in [2.75, 3.05) is 0 Å². The number of rotatable bonds is 4. The molecule has 0 amide bonds. The smallest absolute Gasteiger partial charge is 0.0889 e. The van der Waals surface area contributed by atoms with E-state index in [0.29, 0.717) is 74.0 Å². The van der Waals surface area contributed by atoms with E-state index in [-0.39, 0.29) is 0 Å². The molecule has 8 aliphatic carbocycles. The van der Waals surface area contributed by atoms with E-state index in [1.807, 2.05) is 0 Å². The zero-order valence-electron chi connectivity index (χ0n) is 15.8. The summed E-state index contributed by atoms with van der Waals surface area (Å²) < 4.78 is 55.9. The Morgan fingerprint density at radius 1 is 0.481 bits per heavy atom. The Bertz CT molecular complexity index is 733. The van der Waals surface area contributed by atoms with Crippen LogP contribution in [-0.4, -0.2) is 26.3 Å². The molecular formula is C20H30NO4S2-. The van der Waals surface area contributed by atoms with Crippen molar-refractivity contribution in [3.63, 3.8) is 0 Å². The summed E-state index contributed by atoms with van der Waals surface area (Å²) in [5.41, 5.74) is 0. The van der Waals surface area contributed by atoms with Crippen LogP contribution in [0.3, 0.4) is 0 Å². The fraction of sp³-hybridized carbons (Fsp3) is 1.00. The molecule has 0 heterocycles. The van der Waals surface area contributed by atoms with Gasteiger partial charge in [-0.15, -0.1) is 0 Å². The Morgan fingerprint density at radius 3 is 0.926 bits per heavy atom. The summed E-state index contributed by atoms with van der Waals surface area (Å²) in [5.74, 6) is 2.77. The quantitative estimate of drug-likeness (QED) is 0.700. The molecule has 8 aliphatic rings. The minimum Gasteiger partial charge on any atom is -0.435 e. The predicted molar refractivity (Wildman–Crippen MR) is 103 cm³/mol. The molecule has 0 unspecified atom stereocenters. The standard InChI is InChI=1S/C20H30NO4S2/c22-26(23,19-7-13-1-14(8-19)3-15(2-13)9-19)21-27(24,25)20-10-16-4-17(11-20)6-18(5-16)12-20/h13-18H,1-12H2/q-1. The maximum Gasteiger partial charge on any atom is 0.0889 e. The normalized spacial score (nSPS) is 53.2. The molecule has 0 aromatic rings. The van der Waals surface area contributed by atoms with Crippen LogP contribution in [0, 0.1) is 35.5 Å². The van der Waals surface area contributed by atoms with Crippen LogP contribution in [-0.2, 0) is 20.0 Å². The van der Waals surface area contributed by atoms with Crippen LogP contribution in [0.15, 0.2) is 0 Å². The van der Waals surface area contributed by atoms with Crippen molar-refractivity contribution in [1.29, 1.82) is 0 Å². The van der Waals surface area contributed by atoms with Gasteiger partial charge in [-0.1, -0.05) is 0 Å². The van der Waals surface area contributed by atoms with Crippen LogP contribution in [0.5, 0.6) is 0 Å². The predicted octanol–water partition coefficient (Wildman–Crippen LogP) is 3.96. The molecule has 0 aromatic heterocycles. The summed E-state index contributed by atoms with van der Waals surface area (Å²) in [6, 6.07) is 0. The largest absolute Gasteiger partial charge is 0.435 e. The molecule has 0 N–H and O–H groups in total. The van der Waals surface area contributed by atoms with E-state index in [0.717, 1.165) is 38.5 Å². The van der Waals surface area contributed by atoms with Gasteiger partial charge < -0.3 is 4.13 Å². The maximum absolute atomic E-state index is 13.4. The van der Waals surface area contributed by atoms with Gasteiger partial charge in [0, 0.05) is 0 Å². The first-order chi connectivity index (χ1) is 12.7. The molecule has 27 heavy (non-hydrogen) atoms. The maximum atomic E-state index is 13.4. The fourth-order valence-electron chi connectivity index (χ4n) is 8.98. The second-order valence-electron chi connectivity index (χ2n) is 11.2.